The SMILES string of the molecule is CC(Sc1nnnn1C)C(=O)NCC(=O)Nc1ccc(F)c(F)c1F. The highest BCUT2D eigenvalue weighted by molar-refractivity contribution is 8.00. The number of rotatable bonds is 6. The molecule has 1 aromatic heterocycles. The Balaban J connectivity index is 1.86. The maximum Gasteiger partial charge on any atom is 0.243 e. The molecule has 1 heterocycles. The Labute approximate surface area is 144 Å². The lowest BCUT2D eigenvalue weighted by Gasteiger charge is -2.11. The van der Waals surface area contributed by atoms with Crippen LogP contribution in [0.3, 0.4) is 0 Å². The number of nitrogens with zero attached hydrogens (tertiary/aromatic N) is 4. The molecule has 0 aliphatic rings. The van der Waals surface area contributed by atoms with E-state index >= 15 is 0 Å². The van der Waals surface area contributed by atoms with E-state index in [0.29, 0.717) is 11.2 Å². The van der Waals surface area contributed by atoms with Crippen molar-refractivity contribution in [2.75, 3.05) is 11.9 Å². The van der Waals surface area contributed by atoms with Gasteiger partial charge in [0, 0.05) is 7.05 Å². The first-order valence-electron chi connectivity index (χ1n) is 6.89. The van der Waals surface area contributed by atoms with Crippen LogP contribution in [-0.4, -0.2) is 43.8 Å². The lowest BCUT2D eigenvalue weighted by Crippen LogP contribution is -2.37. The molecule has 2 amide bonds. The summed E-state index contributed by atoms with van der Waals surface area (Å²) >= 11 is 1.08. The van der Waals surface area contributed by atoms with E-state index in [0.717, 1.165) is 17.8 Å². The summed E-state index contributed by atoms with van der Waals surface area (Å²) in [6, 6.07) is 1.56. The van der Waals surface area contributed by atoms with Crippen LogP contribution >= 0.6 is 11.8 Å². The van der Waals surface area contributed by atoms with Gasteiger partial charge >= 0.3 is 0 Å². The number of nitrogens with one attached hydrogen (secondary N) is 2. The van der Waals surface area contributed by atoms with Crippen molar-refractivity contribution in [1.82, 2.24) is 25.5 Å². The highest BCUT2D eigenvalue weighted by Gasteiger charge is 2.19. The van der Waals surface area contributed by atoms with Gasteiger partial charge in [-0.2, -0.15) is 0 Å². The molecule has 0 bridgehead atoms. The van der Waals surface area contributed by atoms with Gasteiger partial charge < -0.3 is 10.6 Å². The largest absolute Gasteiger partial charge is 0.346 e. The number of hydrogen-bond donors (Lipinski definition) is 2. The van der Waals surface area contributed by atoms with E-state index in [-0.39, 0.29) is 0 Å². The Hall–Kier alpha value is -2.63. The topological polar surface area (TPSA) is 102 Å². The fourth-order valence-electron chi connectivity index (χ4n) is 1.66. The zero-order valence-electron chi connectivity index (χ0n) is 13.1. The average molecular weight is 374 g/mol. The minimum absolute atomic E-state index is 0.413. The molecular formula is C13H13F3N6O2S. The monoisotopic (exact) mass is 374 g/mol. The fourth-order valence-corrected chi connectivity index (χ4v) is 2.44. The Morgan fingerprint density at radius 1 is 1.28 bits per heavy atom. The second-order valence-electron chi connectivity index (χ2n) is 4.83. The first-order chi connectivity index (χ1) is 11.8. The smallest absolute Gasteiger partial charge is 0.243 e. The van der Waals surface area contributed by atoms with Crippen LogP contribution in [0, 0.1) is 17.5 Å². The number of halogens is 3. The molecule has 0 radical (unpaired) electrons. The highest BCUT2D eigenvalue weighted by atomic mass is 32.2. The second kappa shape index (κ2) is 7.96. The van der Waals surface area contributed by atoms with Crippen molar-refractivity contribution in [3.63, 3.8) is 0 Å². The van der Waals surface area contributed by atoms with Crippen molar-refractivity contribution in [3.05, 3.63) is 29.6 Å². The van der Waals surface area contributed by atoms with Crippen molar-refractivity contribution in [3.8, 4) is 0 Å². The Morgan fingerprint density at radius 2 is 2.00 bits per heavy atom. The summed E-state index contributed by atoms with van der Waals surface area (Å²) in [7, 11) is 1.61. The molecule has 0 spiro atoms. The van der Waals surface area contributed by atoms with Gasteiger partial charge in [0.1, 0.15) is 0 Å². The number of carbonyl (C=O) groups excluding carboxylic acids is 2. The average Bonchev–Trinajstić information content (AvgIpc) is 2.98. The number of amides is 2. The van der Waals surface area contributed by atoms with Crippen LogP contribution in [-0.2, 0) is 16.6 Å². The van der Waals surface area contributed by atoms with Crippen molar-refractivity contribution in [1.29, 1.82) is 0 Å². The predicted octanol–water partition coefficient (Wildman–Crippen LogP) is 0.863. The van der Waals surface area contributed by atoms with Gasteiger partial charge in [0.25, 0.3) is 0 Å². The number of aromatic nitrogens is 4. The number of anilines is 1. The number of hydrogen-bond acceptors (Lipinski definition) is 6. The van der Waals surface area contributed by atoms with Crippen LogP contribution in [0.1, 0.15) is 6.92 Å². The predicted molar refractivity (Wildman–Crippen MR) is 82.1 cm³/mol. The third kappa shape index (κ3) is 4.68. The summed E-state index contributed by atoms with van der Waals surface area (Å²) in [5.41, 5.74) is -0.522. The van der Waals surface area contributed by atoms with Gasteiger partial charge in [-0.05, 0) is 29.5 Å². The third-order valence-corrected chi connectivity index (χ3v) is 4.09. The van der Waals surface area contributed by atoms with Gasteiger partial charge in [-0.1, -0.05) is 11.8 Å². The van der Waals surface area contributed by atoms with Gasteiger partial charge in [-0.3, -0.25) is 9.59 Å². The molecule has 0 aliphatic heterocycles. The number of tetrazole rings is 1. The highest BCUT2D eigenvalue weighted by Crippen LogP contribution is 2.20. The number of aryl methyl sites for hydroxylation is 1. The molecule has 2 rings (SSSR count). The summed E-state index contributed by atoms with van der Waals surface area (Å²) in [6.45, 7) is 1.11. The van der Waals surface area contributed by atoms with E-state index in [1.165, 1.54) is 4.68 Å². The van der Waals surface area contributed by atoms with Crippen LogP contribution in [0.15, 0.2) is 17.3 Å². The molecule has 0 saturated heterocycles. The zero-order chi connectivity index (χ0) is 18.6. The summed E-state index contributed by atoms with van der Waals surface area (Å²) in [5.74, 6) is -5.85. The van der Waals surface area contributed by atoms with Crippen LogP contribution in [0.5, 0.6) is 0 Å². The molecule has 2 N–H and O–H groups in total. The Kier molecular flexibility index (Phi) is 5.96. The Bertz CT molecular complexity index is 800. The fraction of sp³-hybridized carbons (Fsp3) is 0.308. The molecular weight excluding hydrogens is 361 g/mol. The van der Waals surface area contributed by atoms with Crippen molar-refractivity contribution in [2.45, 2.75) is 17.3 Å². The van der Waals surface area contributed by atoms with Gasteiger partial charge in [0.05, 0.1) is 17.5 Å². The molecule has 1 atom stereocenters. The first-order valence-corrected chi connectivity index (χ1v) is 7.77. The van der Waals surface area contributed by atoms with Crippen LogP contribution < -0.4 is 10.6 Å². The minimum atomic E-state index is -1.69. The second-order valence-corrected chi connectivity index (χ2v) is 6.14. The van der Waals surface area contributed by atoms with E-state index < -0.39 is 46.7 Å². The van der Waals surface area contributed by atoms with E-state index in [1.807, 2.05) is 5.32 Å². The van der Waals surface area contributed by atoms with Crippen molar-refractivity contribution in [2.24, 2.45) is 7.05 Å². The summed E-state index contributed by atoms with van der Waals surface area (Å²) in [4.78, 5) is 23.6. The third-order valence-electron chi connectivity index (χ3n) is 2.97. The van der Waals surface area contributed by atoms with E-state index in [1.54, 1.807) is 14.0 Å². The van der Waals surface area contributed by atoms with Crippen molar-refractivity contribution < 1.29 is 22.8 Å². The first kappa shape index (κ1) is 18.7. The standard InChI is InChI=1S/C13H13F3N6O2S/c1-6(25-13-19-20-21-22(13)2)12(24)17-5-9(23)18-8-4-3-7(14)10(15)11(8)16/h3-4,6H,5H2,1-2H3,(H,17,24)(H,18,23). The molecule has 2 aromatic rings. The zero-order valence-corrected chi connectivity index (χ0v) is 13.9. The molecule has 1 unspecified atom stereocenters. The molecule has 8 nitrogen and oxygen atoms in total. The van der Waals surface area contributed by atoms with Gasteiger partial charge in [-0.25, -0.2) is 17.9 Å². The van der Waals surface area contributed by atoms with Crippen molar-refractivity contribution >= 4 is 29.3 Å². The molecule has 25 heavy (non-hydrogen) atoms. The van der Waals surface area contributed by atoms with Gasteiger partial charge in [-0.15, -0.1) is 5.10 Å². The number of carbonyl (C=O) groups is 2. The summed E-state index contributed by atoms with van der Waals surface area (Å²) in [6.07, 6.45) is 0. The molecule has 0 fully saturated rings. The Morgan fingerprint density at radius 3 is 2.64 bits per heavy atom. The van der Waals surface area contributed by atoms with Crippen LogP contribution in [0.25, 0.3) is 0 Å². The van der Waals surface area contributed by atoms with E-state index in [2.05, 4.69) is 20.8 Å². The van der Waals surface area contributed by atoms with Gasteiger partial charge in [0.2, 0.25) is 17.0 Å². The molecule has 12 heteroatoms. The molecule has 1 aromatic carbocycles. The molecule has 0 saturated carbocycles. The lowest BCUT2D eigenvalue weighted by atomic mass is 10.2. The summed E-state index contributed by atoms with van der Waals surface area (Å²) in [5, 5.41) is 15.0. The molecule has 134 valence electrons. The number of benzene rings is 1. The molecule has 0 aliphatic carbocycles. The van der Waals surface area contributed by atoms with Gasteiger partial charge in [0.15, 0.2) is 17.5 Å². The van der Waals surface area contributed by atoms with E-state index in [9.17, 15) is 22.8 Å². The quantitative estimate of drug-likeness (QED) is 0.575. The summed E-state index contributed by atoms with van der Waals surface area (Å²) < 4.78 is 40.7. The lowest BCUT2D eigenvalue weighted by molar-refractivity contribution is -0.123. The van der Waals surface area contributed by atoms with Crippen LogP contribution in [0.4, 0.5) is 18.9 Å². The minimum Gasteiger partial charge on any atom is -0.346 e. The maximum absolute atomic E-state index is 13.5. The van der Waals surface area contributed by atoms with E-state index in [4.69, 9.17) is 0 Å². The van der Waals surface area contributed by atoms with Crippen LogP contribution in [0.2, 0.25) is 0 Å². The normalized spacial score (nSPS) is 11.9. The maximum atomic E-state index is 13.5. The number of thioether (sulfide) groups is 1.